The number of aliphatic hydroxyl groups excluding tert-OH is 1. The molecule has 168 valence electrons. The van der Waals surface area contributed by atoms with Crippen LogP contribution in [0.3, 0.4) is 0 Å². The van der Waals surface area contributed by atoms with Crippen molar-refractivity contribution in [2.45, 2.75) is 63.9 Å². The van der Waals surface area contributed by atoms with Gasteiger partial charge in [0.15, 0.2) is 11.7 Å². The monoisotopic (exact) mass is 448 g/mol. The Morgan fingerprint density at radius 2 is 2.03 bits per heavy atom. The molecule has 3 atom stereocenters. The molecule has 8 heteroatoms. The van der Waals surface area contributed by atoms with Gasteiger partial charge in [0.25, 0.3) is 0 Å². The molecule has 7 nitrogen and oxygen atoms in total. The van der Waals surface area contributed by atoms with E-state index >= 15 is 0 Å². The summed E-state index contributed by atoms with van der Waals surface area (Å²) in [5.74, 6) is -1.32. The highest BCUT2D eigenvalue weighted by molar-refractivity contribution is 7.17. The molecule has 1 aromatic carbocycles. The zero-order valence-corrected chi connectivity index (χ0v) is 18.5. The first kappa shape index (κ1) is 23.2. The van der Waals surface area contributed by atoms with E-state index in [9.17, 15) is 19.8 Å². The van der Waals surface area contributed by atoms with Crippen molar-refractivity contribution in [1.29, 1.82) is 0 Å². The summed E-state index contributed by atoms with van der Waals surface area (Å²) in [6.07, 6.45) is -0.205. The number of thiophene rings is 1. The predicted molar refractivity (Wildman–Crippen MR) is 116 cm³/mol. The van der Waals surface area contributed by atoms with Crippen molar-refractivity contribution >= 4 is 33.4 Å². The minimum Gasteiger partial charge on any atom is -0.489 e. The van der Waals surface area contributed by atoms with Crippen LogP contribution in [0.4, 0.5) is 0 Å². The summed E-state index contributed by atoms with van der Waals surface area (Å²) >= 11 is 1.64. The van der Waals surface area contributed by atoms with Gasteiger partial charge in [0, 0.05) is 23.6 Å². The maximum Gasteiger partial charge on any atom is 0.342 e. The molecule has 0 radical (unpaired) electrons. The summed E-state index contributed by atoms with van der Waals surface area (Å²) < 4.78 is 17.5. The van der Waals surface area contributed by atoms with Crippen molar-refractivity contribution in [2.24, 2.45) is 0 Å². The van der Waals surface area contributed by atoms with Gasteiger partial charge < -0.3 is 24.4 Å². The largest absolute Gasteiger partial charge is 0.489 e. The third kappa shape index (κ3) is 5.64. The molecule has 31 heavy (non-hydrogen) atoms. The van der Waals surface area contributed by atoms with E-state index in [1.165, 1.54) is 6.08 Å². The number of aliphatic hydroxyl groups is 2. The number of ether oxygens (including phenoxy) is 3. The first-order valence-electron chi connectivity index (χ1n) is 10.4. The standard InChI is InChI=1S/C23H28O7S/c1-3-5-20(25)30-21-17(24)12-23(27,22(26)28-9-4-2)13-18(21)29-14-15-6-7-19-16(11-15)8-10-31-19/h6-8,10-11,13,17,21,24,27H,3-5,9,12,14H2,1-2H3/t17-,21+,23-/m1/s1. The molecule has 0 aliphatic heterocycles. The number of fused-ring (bicyclic) bond motifs is 1. The lowest BCUT2D eigenvalue weighted by atomic mass is 9.86. The van der Waals surface area contributed by atoms with Crippen molar-refractivity contribution in [3.8, 4) is 0 Å². The van der Waals surface area contributed by atoms with Crippen molar-refractivity contribution < 1.29 is 34.0 Å². The van der Waals surface area contributed by atoms with Gasteiger partial charge in [0.05, 0.1) is 6.61 Å². The minimum atomic E-state index is -2.06. The van der Waals surface area contributed by atoms with Gasteiger partial charge in [-0.15, -0.1) is 11.3 Å². The summed E-state index contributed by atoms with van der Waals surface area (Å²) in [6.45, 7) is 3.95. The highest BCUT2D eigenvalue weighted by Crippen LogP contribution is 2.32. The van der Waals surface area contributed by atoms with Crippen LogP contribution in [0.1, 0.15) is 45.1 Å². The lowest BCUT2D eigenvalue weighted by Gasteiger charge is -2.35. The van der Waals surface area contributed by atoms with Crippen LogP contribution in [-0.4, -0.2) is 46.6 Å². The molecule has 1 aliphatic carbocycles. The Labute approximate surface area is 185 Å². The lowest BCUT2D eigenvalue weighted by Crippen LogP contribution is -2.50. The van der Waals surface area contributed by atoms with Crippen LogP contribution in [0.15, 0.2) is 41.5 Å². The number of benzene rings is 1. The number of carbonyl (C=O) groups excluding carboxylic acids is 2. The van der Waals surface area contributed by atoms with Gasteiger partial charge in [-0.25, -0.2) is 4.79 Å². The van der Waals surface area contributed by atoms with Gasteiger partial charge in [0.1, 0.15) is 18.5 Å². The van der Waals surface area contributed by atoms with Crippen LogP contribution < -0.4 is 0 Å². The van der Waals surface area contributed by atoms with Crippen LogP contribution in [0.5, 0.6) is 0 Å². The van der Waals surface area contributed by atoms with E-state index in [0.717, 1.165) is 15.6 Å². The smallest absolute Gasteiger partial charge is 0.342 e. The first-order chi connectivity index (χ1) is 14.9. The Morgan fingerprint density at radius 3 is 2.77 bits per heavy atom. The topological polar surface area (TPSA) is 102 Å². The fraction of sp³-hybridized carbons (Fsp3) is 0.478. The average molecular weight is 449 g/mol. The van der Waals surface area contributed by atoms with Crippen molar-refractivity contribution in [1.82, 2.24) is 0 Å². The van der Waals surface area contributed by atoms with E-state index in [-0.39, 0.29) is 31.8 Å². The molecule has 0 saturated carbocycles. The van der Waals surface area contributed by atoms with Crippen LogP contribution in [-0.2, 0) is 30.4 Å². The van der Waals surface area contributed by atoms with Gasteiger partial charge in [-0.2, -0.15) is 0 Å². The van der Waals surface area contributed by atoms with Gasteiger partial charge in [-0.05, 0) is 47.4 Å². The molecule has 3 rings (SSSR count). The number of esters is 2. The fourth-order valence-electron chi connectivity index (χ4n) is 3.39. The third-order valence-electron chi connectivity index (χ3n) is 4.96. The molecule has 0 fully saturated rings. The molecule has 1 aromatic heterocycles. The van der Waals surface area contributed by atoms with E-state index in [4.69, 9.17) is 14.2 Å². The molecular weight excluding hydrogens is 420 g/mol. The molecule has 1 aliphatic rings. The number of hydrogen-bond acceptors (Lipinski definition) is 8. The number of carbonyl (C=O) groups is 2. The zero-order chi connectivity index (χ0) is 22.4. The van der Waals surface area contributed by atoms with E-state index in [1.807, 2.05) is 43.5 Å². The Kier molecular flexibility index (Phi) is 7.69. The third-order valence-corrected chi connectivity index (χ3v) is 5.85. The lowest BCUT2D eigenvalue weighted by molar-refractivity contribution is -0.172. The summed E-state index contributed by atoms with van der Waals surface area (Å²) in [4.78, 5) is 24.5. The highest BCUT2D eigenvalue weighted by Gasteiger charge is 2.47. The molecule has 0 unspecified atom stereocenters. The second-order valence-electron chi connectivity index (χ2n) is 7.62. The Bertz CT molecular complexity index is 950. The fourth-order valence-corrected chi connectivity index (χ4v) is 4.16. The van der Waals surface area contributed by atoms with E-state index in [0.29, 0.717) is 12.8 Å². The van der Waals surface area contributed by atoms with Gasteiger partial charge >= 0.3 is 11.9 Å². The van der Waals surface area contributed by atoms with E-state index in [1.54, 1.807) is 11.3 Å². The van der Waals surface area contributed by atoms with Crippen molar-refractivity contribution in [3.05, 3.63) is 47.0 Å². The van der Waals surface area contributed by atoms with E-state index < -0.39 is 29.7 Å². The SMILES string of the molecule is CCCOC(=O)[C@]1(O)C=C(OCc2ccc3sccc3c2)[C@@H](OC(=O)CCC)[C@H](O)C1. The van der Waals surface area contributed by atoms with Gasteiger partial charge in [-0.1, -0.05) is 19.9 Å². The Morgan fingerprint density at radius 1 is 1.23 bits per heavy atom. The number of hydrogen-bond donors (Lipinski definition) is 2. The van der Waals surface area contributed by atoms with Crippen molar-refractivity contribution in [2.75, 3.05) is 6.61 Å². The maximum absolute atomic E-state index is 12.4. The molecule has 0 saturated heterocycles. The minimum absolute atomic E-state index is 0.0320. The summed E-state index contributed by atoms with van der Waals surface area (Å²) in [6, 6.07) is 7.88. The maximum atomic E-state index is 12.4. The summed E-state index contributed by atoms with van der Waals surface area (Å²) in [5.41, 5.74) is -1.20. The molecule has 0 bridgehead atoms. The Hall–Kier alpha value is -2.42. The molecule has 0 spiro atoms. The first-order valence-corrected chi connectivity index (χ1v) is 11.3. The van der Waals surface area contributed by atoms with Crippen LogP contribution >= 0.6 is 11.3 Å². The average Bonchev–Trinajstić information content (AvgIpc) is 3.20. The van der Waals surface area contributed by atoms with Crippen LogP contribution in [0, 0.1) is 0 Å². The van der Waals surface area contributed by atoms with Crippen LogP contribution in [0.2, 0.25) is 0 Å². The molecule has 1 heterocycles. The quantitative estimate of drug-likeness (QED) is 0.566. The van der Waals surface area contributed by atoms with Gasteiger partial charge in [0.2, 0.25) is 0 Å². The molecule has 2 aromatic rings. The second kappa shape index (κ2) is 10.3. The predicted octanol–water partition coefficient (Wildman–Crippen LogP) is 3.46. The zero-order valence-electron chi connectivity index (χ0n) is 17.7. The summed E-state index contributed by atoms with van der Waals surface area (Å²) in [7, 11) is 0. The van der Waals surface area contributed by atoms with E-state index in [2.05, 4.69) is 0 Å². The van der Waals surface area contributed by atoms with Crippen molar-refractivity contribution in [3.63, 3.8) is 0 Å². The normalized spacial score (nSPS) is 23.3. The summed E-state index contributed by atoms with van der Waals surface area (Å²) in [5, 5.41) is 24.5. The molecular formula is C23H28O7S. The highest BCUT2D eigenvalue weighted by atomic mass is 32.1. The van der Waals surface area contributed by atoms with Crippen LogP contribution in [0.25, 0.3) is 10.1 Å². The second-order valence-corrected chi connectivity index (χ2v) is 8.57. The van der Waals surface area contributed by atoms with Gasteiger partial charge in [-0.3, -0.25) is 4.79 Å². The molecule has 2 N–H and O–H groups in total. The Balaban J connectivity index is 1.83. The number of rotatable bonds is 9. The molecule has 0 amide bonds.